The monoisotopic (exact) mass is 375 g/mol. The smallest absolute Gasteiger partial charge is 0.287 e. The summed E-state index contributed by atoms with van der Waals surface area (Å²) < 4.78 is 6.82. The van der Waals surface area contributed by atoms with Crippen LogP contribution in [0, 0.1) is 0 Å². The van der Waals surface area contributed by atoms with Gasteiger partial charge in [-0.25, -0.2) is 4.98 Å². The van der Waals surface area contributed by atoms with E-state index in [1.807, 2.05) is 12.1 Å². The number of nitrogens with one attached hydrogen (secondary N) is 2. The number of amides is 2. The SMILES string of the molecule is O=C(NCc1ccco1)c1nc(C(=O)NCc2ccncc2)n2ccccc12. The Morgan fingerprint density at radius 1 is 0.964 bits per heavy atom. The van der Waals surface area contributed by atoms with Gasteiger partial charge in [0, 0.05) is 25.1 Å². The van der Waals surface area contributed by atoms with Crippen molar-refractivity contribution in [1.82, 2.24) is 25.0 Å². The minimum absolute atomic E-state index is 0.146. The molecule has 4 aromatic rings. The molecule has 4 aromatic heterocycles. The number of hydrogen-bond donors (Lipinski definition) is 2. The third kappa shape index (κ3) is 3.61. The first kappa shape index (κ1) is 17.5. The Balaban J connectivity index is 1.55. The number of carbonyl (C=O) groups excluding carboxylic acids is 2. The van der Waals surface area contributed by atoms with Crippen LogP contribution in [0.25, 0.3) is 5.52 Å². The molecule has 0 fully saturated rings. The first-order chi connectivity index (χ1) is 13.7. The Kier molecular flexibility index (Phi) is 4.83. The molecule has 0 aromatic carbocycles. The second-order valence-corrected chi connectivity index (χ2v) is 6.04. The average Bonchev–Trinajstić information content (AvgIpc) is 3.39. The van der Waals surface area contributed by atoms with Crippen LogP contribution in [-0.4, -0.2) is 26.2 Å². The Morgan fingerprint density at radius 3 is 2.57 bits per heavy atom. The van der Waals surface area contributed by atoms with Crippen LogP contribution in [0.4, 0.5) is 0 Å². The highest BCUT2D eigenvalue weighted by Crippen LogP contribution is 2.14. The van der Waals surface area contributed by atoms with Gasteiger partial charge in [-0.15, -0.1) is 0 Å². The van der Waals surface area contributed by atoms with Crippen molar-refractivity contribution in [2.24, 2.45) is 0 Å². The van der Waals surface area contributed by atoms with Crippen LogP contribution < -0.4 is 10.6 Å². The van der Waals surface area contributed by atoms with E-state index in [4.69, 9.17) is 4.42 Å². The number of furan rings is 1. The minimum Gasteiger partial charge on any atom is -0.467 e. The van der Waals surface area contributed by atoms with Gasteiger partial charge in [0.15, 0.2) is 5.69 Å². The number of carbonyl (C=O) groups is 2. The predicted molar refractivity (Wildman–Crippen MR) is 100 cm³/mol. The van der Waals surface area contributed by atoms with Crippen molar-refractivity contribution in [1.29, 1.82) is 0 Å². The van der Waals surface area contributed by atoms with Gasteiger partial charge in [0.1, 0.15) is 5.76 Å². The first-order valence-electron chi connectivity index (χ1n) is 8.67. The van der Waals surface area contributed by atoms with Crippen LogP contribution in [0.15, 0.2) is 71.7 Å². The van der Waals surface area contributed by atoms with Gasteiger partial charge in [0.25, 0.3) is 11.8 Å². The first-order valence-corrected chi connectivity index (χ1v) is 8.67. The zero-order chi connectivity index (χ0) is 19.3. The molecule has 2 amide bonds. The van der Waals surface area contributed by atoms with Crippen LogP contribution in [0.2, 0.25) is 0 Å². The summed E-state index contributed by atoms with van der Waals surface area (Å²) in [6, 6.07) is 12.5. The van der Waals surface area contributed by atoms with Crippen molar-refractivity contribution in [2.45, 2.75) is 13.1 Å². The van der Waals surface area contributed by atoms with E-state index in [0.717, 1.165) is 5.56 Å². The summed E-state index contributed by atoms with van der Waals surface area (Å²) >= 11 is 0. The standard InChI is InChI=1S/C20H17N5O3/c26-19(23-13-15-4-3-11-28-15)17-16-5-1-2-10-25(16)18(24-17)20(27)22-12-14-6-8-21-9-7-14/h1-11H,12-13H2,(H,22,27)(H,23,26). The van der Waals surface area contributed by atoms with Crippen molar-refractivity contribution in [3.05, 3.63) is 90.2 Å². The van der Waals surface area contributed by atoms with Crippen LogP contribution in [0.5, 0.6) is 0 Å². The Bertz CT molecular complexity index is 1100. The van der Waals surface area contributed by atoms with Gasteiger partial charge >= 0.3 is 0 Å². The normalized spacial score (nSPS) is 10.7. The Hall–Kier alpha value is -3.94. The van der Waals surface area contributed by atoms with E-state index in [9.17, 15) is 9.59 Å². The summed E-state index contributed by atoms with van der Waals surface area (Å²) in [6.07, 6.45) is 6.56. The third-order valence-electron chi connectivity index (χ3n) is 4.17. The molecule has 0 saturated heterocycles. The molecule has 4 rings (SSSR count). The molecule has 0 saturated carbocycles. The lowest BCUT2D eigenvalue weighted by atomic mass is 10.3. The van der Waals surface area contributed by atoms with Gasteiger partial charge < -0.3 is 15.1 Å². The summed E-state index contributed by atoms with van der Waals surface area (Å²) in [7, 11) is 0. The molecule has 0 radical (unpaired) electrons. The van der Waals surface area contributed by atoms with Crippen molar-refractivity contribution in [3.8, 4) is 0 Å². The minimum atomic E-state index is -0.381. The molecule has 28 heavy (non-hydrogen) atoms. The summed E-state index contributed by atoms with van der Waals surface area (Å²) in [6.45, 7) is 0.574. The predicted octanol–water partition coefficient (Wildman–Crippen LogP) is 2.18. The Morgan fingerprint density at radius 2 is 1.79 bits per heavy atom. The number of imidazole rings is 1. The Labute approximate surface area is 160 Å². The maximum Gasteiger partial charge on any atom is 0.287 e. The molecule has 0 atom stereocenters. The number of hydrogen-bond acceptors (Lipinski definition) is 5. The zero-order valence-electron chi connectivity index (χ0n) is 14.8. The molecule has 8 nitrogen and oxygen atoms in total. The fraction of sp³-hybridized carbons (Fsp3) is 0.100. The third-order valence-corrected chi connectivity index (χ3v) is 4.17. The second kappa shape index (κ2) is 7.75. The van der Waals surface area contributed by atoms with Crippen molar-refractivity contribution < 1.29 is 14.0 Å². The number of nitrogens with zero attached hydrogens (tertiary/aromatic N) is 3. The van der Waals surface area contributed by atoms with Crippen molar-refractivity contribution >= 4 is 17.3 Å². The molecule has 0 unspecified atom stereocenters. The lowest BCUT2D eigenvalue weighted by molar-refractivity contribution is 0.0939. The van der Waals surface area contributed by atoms with Crippen LogP contribution in [-0.2, 0) is 13.1 Å². The van der Waals surface area contributed by atoms with E-state index in [1.54, 1.807) is 59.6 Å². The second-order valence-electron chi connectivity index (χ2n) is 6.04. The molecular weight excluding hydrogens is 358 g/mol. The fourth-order valence-electron chi connectivity index (χ4n) is 2.79. The molecule has 0 bridgehead atoms. The zero-order valence-corrected chi connectivity index (χ0v) is 14.8. The van der Waals surface area contributed by atoms with Gasteiger partial charge in [-0.2, -0.15) is 0 Å². The van der Waals surface area contributed by atoms with Gasteiger partial charge in [0.2, 0.25) is 5.82 Å². The number of pyridine rings is 2. The van der Waals surface area contributed by atoms with E-state index in [0.29, 0.717) is 17.8 Å². The van der Waals surface area contributed by atoms with E-state index in [1.165, 1.54) is 0 Å². The maximum absolute atomic E-state index is 12.7. The highest BCUT2D eigenvalue weighted by Gasteiger charge is 2.21. The van der Waals surface area contributed by atoms with Gasteiger partial charge in [-0.05, 0) is 42.0 Å². The number of fused-ring (bicyclic) bond motifs is 1. The number of rotatable bonds is 6. The van der Waals surface area contributed by atoms with E-state index < -0.39 is 0 Å². The molecule has 0 aliphatic heterocycles. The van der Waals surface area contributed by atoms with Crippen molar-refractivity contribution in [2.75, 3.05) is 0 Å². The van der Waals surface area contributed by atoms with E-state index in [-0.39, 0.29) is 29.9 Å². The van der Waals surface area contributed by atoms with E-state index >= 15 is 0 Å². The highest BCUT2D eigenvalue weighted by atomic mass is 16.3. The largest absolute Gasteiger partial charge is 0.467 e. The van der Waals surface area contributed by atoms with Crippen LogP contribution >= 0.6 is 0 Å². The quantitative estimate of drug-likeness (QED) is 0.538. The van der Waals surface area contributed by atoms with Gasteiger partial charge in [-0.1, -0.05) is 6.07 Å². The van der Waals surface area contributed by atoms with Crippen LogP contribution in [0.3, 0.4) is 0 Å². The van der Waals surface area contributed by atoms with Gasteiger partial charge in [0.05, 0.1) is 18.3 Å². The number of aromatic nitrogens is 3. The lowest BCUT2D eigenvalue weighted by Crippen LogP contribution is -2.25. The molecular formula is C20H17N5O3. The molecule has 0 aliphatic carbocycles. The molecule has 4 heterocycles. The lowest BCUT2D eigenvalue weighted by Gasteiger charge is -2.04. The average molecular weight is 375 g/mol. The fourth-order valence-corrected chi connectivity index (χ4v) is 2.79. The molecule has 0 aliphatic rings. The maximum atomic E-state index is 12.7. The summed E-state index contributed by atoms with van der Waals surface area (Å²) in [5, 5.41) is 5.57. The highest BCUT2D eigenvalue weighted by molar-refractivity contribution is 6.02. The van der Waals surface area contributed by atoms with E-state index in [2.05, 4.69) is 20.6 Å². The van der Waals surface area contributed by atoms with Crippen molar-refractivity contribution in [3.63, 3.8) is 0 Å². The summed E-state index contributed by atoms with van der Waals surface area (Å²) in [5.41, 5.74) is 1.65. The summed E-state index contributed by atoms with van der Waals surface area (Å²) in [4.78, 5) is 33.5. The summed E-state index contributed by atoms with van der Waals surface area (Å²) in [5.74, 6) is 0.0244. The molecule has 0 spiro atoms. The molecule has 2 N–H and O–H groups in total. The van der Waals surface area contributed by atoms with Gasteiger partial charge in [-0.3, -0.25) is 19.0 Å². The molecule has 140 valence electrons. The molecule has 8 heteroatoms. The van der Waals surface area contributed by atoms with Crippen LogP contribution in [0.1, 0.15) is 32.4 Å². The topological polar surface area (TPSA) is 102 Å².